The summed E-state index contributed by atoms with van der Waals surface area (Å²) in [6.07, 6.45) is 0. The van der Waals surface area contributed by atoms with Gasteiger partial charge >= 0.3 is 0 Å². The van der Waals surface area contributed by atoms with Crippen LogP contribution < -0.4 is 10.5 Å². The average molecular weight is 268 g/mol. The molecule has 0 spiro atoms. The SMILES string of the molecule is Cl.NC(=O)c1cccc(Oc2ccc(F)cc2)c1. The Morgan fingerprint density at radius 3 is 2.33 bits per heavy atom. The maximum Gasteiger partial charge on any atom is 0.248 e. The monoisotopic (exact) mass is 267 g/mol. The Morgan fingerprint density at radius 1 is 1.06 bits per heavy atom. The zero-order valence-electron chi connectivity index (χ0n) is 9.30. The predicted octanol–water partition coefficient (Wildman–Crippen LogP) is 3.14. The van der Waals surface area contributed by atoms with Crippen molar-refractivity contribution in [2.75, 3.05) is 0 Å². The Labute approximate surface area is 110 Å². The van der Waals surface area contributed by atoms with E-state index < -0.39 is 5.91 Å². The van der Waals surface area contributed by atoms with Gasteiger partial charge < -0.3 is 10.5 Å². The van der Waals surface area contributed by atoms with Crippen LogP contribution in [-0.2, 0) is 0 Å². The van der Waals surface area contributed by atoms with Gasteiger partial charge in [0.25, 0.3) is 0 Å². The summed E-state index contributed by atoms with van der Waals surface area (Å²) in [7, 11) is 0. The van der Waals surface area contributed by atoms with Crippen molar-refractivity contribution in [2.24, 2.45) is 5.73 Å². The molecule has 2 aromatic rings. The van der Waals surface area contributed by atoms with Gasteiger partial charge in [0, 0.05) is 5.56 Å². The first-order valence-corrected chi connectivity index (χ1v) is 4.98. The highest BCUT2D eigenvalue weighted by molar-refractivity contribution is 5.93. The minimum atomic E-state index is -0.519. The number of carbonyl (C=O) groups is 1. The largest absolute Gasteiger partial charge is 0.457 e. The van der Waals surface area contributed by atoms with Gasteiger partial charge in [0.2, 0.25) is 5.91 Å². The Balaban J connectivity index is 0.00000162. The fourth-order valence-electron chi connectivity index (χ4n) is 1.35. The van der Waals surface area contributed by atoms with Crippen molar-refractivity contribution in [3.63, 3.8) is 0 Å². The van der Waals surface area contributed by atoms with Crippen molar-refractivity contribution >= 4 is 18.3 Å². The standard InChI is InChI=1S/C13H10FNO2.ClH/c14-10-4-6-11(7-5-10)17-12-3-1-2-9(8-12)13(15)16;/h1-8H,(H2,15,16);1H. The Bertz CT molecular complexity index is 543. The van der Waals surface area contributed by atoms with Crippen molar-refractivity contribution in [1.29, 1.82) is 0 Å². The van der Waals surface area contributed by atoms with Crippen molar-refractivity contribution < 1.29 is 13.9 Å². The first kappa shape index (κ1) is 14.0. The molecule has 0 aromatic heterocycles. The predicted molar refractivity (Wildman–Crippen MR) is 68.7 cm³/mol. The zero-order chi connectivity index (χ0) is 12.3. The molecule has 1 amide bonds. The molecule has 2 rings (SSSR count). The Kier molecular flexibility index (Phi) is 4.68. The van der Waals surface area contributed by atoms with Crippen molar-refractivity contribution in [1.82, 2.24) is 0 Å². The number of benzene rings is 2. The van der Waals surface area contributed by atoms with Crippen LogP contribution in [0.1, 0.15) is 10.4 Å². The van der Waals surface area contributed by atoms with Gasteiger partial charge in [-0.25, -0.2) is 4.39 Å². The number of nitrogens with two attached hydrogens (primary N) is 1. The summed E-state index contributed by atoms with van der Waals surface area (Å²) < 4.78 is 18.1. The number of hydrogen-bond acceptors (Lipinski definition) is 2. The van der Waals surface area contributed by atoms with E-state index in [1.807, 2.05) is 0 Å². The van der Waals surface area contributed by atoms with Crippen molar-refractivity contribution in [3.8, 4) is 11.5 Å². The summed E-state index contributed by atoms with van der Waals surface area (Å²) in [6, 6.07) is 12.1. The lowest BCUT2D eigenvalue weighted by Gasteiger charge is -2.06. The molecule has 94 valence electrons. The van der Waals surface area contributed by atoms with Crippen LogP contribution >= 0.6 is 12.4 Å². The van der Waals surface area contributed by atoms with Crippen LogP contribution in [0.5, 0.6) is 11.5 Å². The van der Waals surface area contributed by atoms with Crippen LogP contribution in [0, 0.1) is 5.82 Å². The van der Waals surface area contributed by atoms with Gasteiger partial charge in [-0.05, 0) is 42.5 Å². The zero-order valence-corrected chi connectivity index (χ0v) is 10.1. The normalized spacial score (nSPS) is 9.39. The molecular weight excluding hydrogens is 257 g/mol. The highest BCUT2D eigenvalue weighted by Gasteiger charge is 2.03. The summed E-state index contributed by atoms with van der Waals surface area (Å²) in [5.41, 5.74) is 5.52. The molecule has 3 nitrogen and oxygen atoms in total. The lowest BCUT2D eigenvalue weighted by molar-refractivity contribution is 0.1000. The van der Waals surface area contributed by atoms with Gasteiger partial charge in [0.1, 0.15) is 17.3 Å². The summed E-state index contributed by atoms with van der Waals surface area (Å²) >= 11 is 0. The van der Waals surface area contributed by atoms with Crippen LogP contribution in [0.25, 0.3) is 0 Å². The van der Waals surface area contributed by atoms with E-state index in [0.717, 1.165) is 0 Å². The highest BCUT2D eigenvalue weighted by Crippen LogP contribution is 2.22. The molecule has 0 radical (unpaired) electrons. The van der Waals surface area contributed by atoms with Gasteiger partial charge in [0.15, 0.2) is 0 Å². The fraction of sp³-hybridized carbons (Fsp3) is 0. The van der Waals surface area contributed by atoms with Crippen molar-refractivity contribution in [3.05, 3.63) is 59.9 Å². The maximum absolute atomic E-state index is 12.7. The second-order valence-corrected chi connectivity index (χ2v) is 3.45. The van der Waals surface area contributed by atoms with Crippen LogP contribution in [0.2, 0.25) is 0 Å². The van der Waals surface area contributed by atoms with E-state index in [9.17, 15) is 9.18 Å². The van der Waals surface area contributed by atoms with Crippen molar-refractivity contribution in [2.45, 2.75) is 0 Å². The van der Waals surface area contributed by atoms with Gasteiger partial charge in [-0.15, -0.1) is 12.4 Å². The Hall–Kier alpha value is -2.07. The lowest BCUT2D eigenvalue weighted by Crippen LogP contribution is -2.10. The van der Waals surface area contributed by atoms with E-state index in [4.69, 9.17) is 10.5 Å². The molecule has 5 heteroatoms. The summed E-state index contributed by atoms with van der Waals surface area (Å²) in [6.45, 7) is 0. The van der Waals surface area contributed by atoms with Crippen LogP contribution in [0.3, 0.4) is 0 Å². The molecule has 0 unspecified atom stereocenters. The molecule has 0 heterocycles. The third-order valence-electron chi connectivity index (χ3n) is 2.17. The van der Waals surface area contributed by atoms with Crippen LogP contribution in [-0.4, -0.2) is 5.91 Å². The topological polar surface area (TPSA) is 52.3 Å². The molecule has 0 bridgehead atoms. The fourth-order valence-corrected chi connectivity index (χ4v) is 1.35. The minimum absolute atomic E-state index is 0. The number of ether oxygens (including phenoxy) is 1. The molecule has 2 N–H and O–H groups in total. The maximum atomic E-state index is 12.7. The van der Waals surface area contributed by atoms with E-state index in [1.165, 1.54) is 30.3 Å². The van der Waals surface area contributed by atoms with E-state index in [2.05, 4.69) is 0 Å². The summed E-state index contributed by atoms with van der Waals surface area (Å²) in [5.74, 6) is 0.124. The third-order valence-corrected chi connectivity index (χ3v) is 2.17. The third kappa shape index (κ3) is 3.46. The van der Waals surface area contributed by atoms with Gasteiger partial charge in [-0.2, -0.15) is 0 Å². The minimum Gasteiger partial charge on any atom is -0.457 e. The molecule has 0 fully saturated rings. The second kappa shape index (κ2) is 6.02. The molecule has 0 saturated carbocycles. The number of halogens is 2. The van der Waals surface area contributed by atoms with E-state index in [-0.39, 0.29) is 18.2 Å². The number of rotatable bonds is 3. The Morgan fingerprint density at radius 2 is 1.72 bits per heavy atom. The molecule has 0 atom stereocenters. The molecule has 0 aliphatic heterocycles. The quantitative estimate of drug-likeness (QED) is 0.929. The number of primary amides is 1. The van der Waals surface area contributed by atoms with E-state index in [1.54, 1.807) is 18.2 Å². The molecule has 18 heavy (non-hydrogen) atoms. The van der Waals surface area contributed by atoms with Gasteiger partial charge in [-0.1, -0.05) is 6.07 Å². The summed E-state index contributed by atoms with van der Waals surface area (Å²) in [4.78, 5) is 11.0. The van der Waals surface area contributed by atoms with Gasteiger partial charge in [0.05, 0.1) is 0 Å². The molecule has 0 aliphatic carbocycles. The van der Waals surface area contributed by atoms with Gasteiger partial charge in [-0.3, -0.25) is 4.79 Å². The highest BCUT2D eigenvalue weighted by atomic mass is 35.5. The summed E-state index contributed by atoms with van der Waals surface area (Å²) in [5, 5.41) is 0. The van der Waals surface area contributed by atoms with E-state index in [0.29, 0.717) is 17.1 Å². The number of carbonyl (C=O) groups excluding carboxylic acids is 1. The van der Waals surface area contributed by atoms with E-state index >= 15 is 0 Å². The van der Waals surface area contributed by atoms with Crippen LogP contribution in [0.15, 0.2) is 48.5 Å². The van der Waals surface area contributed by atoms with Crippen LogP contribution in [0.4, 0.5) is 4.39 Å². The molecule has 2 aromatic carbocycles. The molecular formula is C13H11ClFNO2. The first-order valence-electron chi connectivity index (χ1n) is 4.98. The molecule has 0 saturated heterocycles. The average Bonchev–Trinajstić information content (AvgIpc) is 2.32. The molecule has 0 aliphatic rings. The first-order chi connectivity index (χ1) is 8.15. The second-order valence-electron chi connectivity index (χ2n) is 3.45. The smallest absolute Gasteiger partial charge is 0.248 e. The number of hydrogen-bond donors (Lipinski definition) is 1. The lowest BCUT2D eigenvalue weighted by atomic mass is 10.2. The number of amides is 1.